The summed E-state index contributed by atoms with van der Waals surface area (Å²) < 4.78 is 0. The average Bonchev–Trinajstić information content (AvgIpc) is 3.03. The molecule has 30 heavy (non-hydrogen) atoms. The van der Waals surface area contributed by atoms with Crippen LogP contribution in [-0.4, -0.2) is 54.3 Å². The third-order valence-corrected chi connectivity index (χ3v) is 6.60. The number of benzene rings is 1. The summed E-state index contributed by atoms with van der Waals surface area (Å²) in [6.07, 6.45) is 9.27. The molecule has 1 aromatic heterocycles. The van der Waals surface area contributed by atoms with Crippen molar-refractivity contribution in [2.24, 2.45) is 0 Å². The van der Waals surface area contributed by atoms with E-state index in [1.54, 1.807) is 0 Å². The van der Waals surface area contributed by atoms with Crippen LogP contribution >= 0.6 is 12.2 Å². The zero-order valence-electron chi connectivity index (χ0n) is 18.3. The predicted octanol–water partition coefficient (Wildman–Crippen LogP) is 4.70. The van der Waals surface area contributed by atoms with Crippen molar-refractivity contribution < 1.29 is 0 Å². The van der Waals surface area contributed by atoms with E-state index in [0.717, 1.165) is 43.2 Å². The Hall–Kier alpha value is -1.92. The summed E-state index contributed by atoms with van der Waals surface area (Å²) in [5.74, 6) is 1.12. The molecule has 2 saturated heterocycles. The van der Waals surface area contributed by atoms with Gasteiger partial charge in [0.25, 0.3) is 0 Å². The fraction of sp³-hybridized carbons (Fsp3) is 0.583. The molecular weight excluding hydrogens is 390 g/mol. The first kappa shape index (κ1) is 21.3. The van der Waals surface area contributed by atoms with Gasteiger partial charge in [0.05, 0.1) is 5.52 Å². The summed E-state index contributed by atoms with van der Waals surface area (Å²) in [6.45, 7) is 8.81. The summed E-state index contributed by atoms with van der Waals surface area (Å²) in [5.41, 5.74) is 3.34. The first-order valence-corrected chi connectivity index (χ1v) is 12.0. The topological polar surface area (TPSA) is 43.4 Å². The smallest absolute Gasteiger partial charge is 0.170 e. The molecule has 0 radical (unpaired) electrons. The molecular formula is C24H35N5S. The van der Waals surface area contributed by atoms with Crippen LogP contribution in [0.2, 0.25) is 0 Å². The number of rotatable bonds is 5. The van der Waals surface area contributed by atoms with Crippen LogP contribution in [0.5, 0.6) is 0 Å². The minimum absolute atomic E-state index is 0.694. The molecule has 2 N–H and O–H groups in total. The lowest BCUT2D eigenvalue weighted by Crippen LogP contribution is -2.37. The lowest BCUT2D eigenvalue weighted by atomic mass is 10.1. The second-order valence-electron chi connectivity index (χ2n) is 8.71. The highest BCUT2D eigenvalue weighted by atomic mass is 32.1. The minimum atomic E-state index is 0.694. The van der Waals surface area contributed by atoms with Crippen molar-refractivity contribution in [2.45, 2.75) is 51.9 Å². The van der Waals surface area contributed by atoms with E-state index in [1.165, 1.54) is 69.0 Å². The second kappa shape index (κ2) is 10.4. The first-order valence-electron chi connectivity index (χ1n) is 11.6. The Morgan fingerprint density at radius 3 is 2.43 bits per heavy atom. The van der Waals surface area contributed by atoms with Gasteiger partial charge in [-0.3, -0.25) is 0 Å². The normalized spacial score (nSPS) is 18.2. The zero-order chi connectivity index (χ0) is 20.8. The van der Waals surface area contributed by atoms with E-state index < -0.39 is 0 Å². The maximum absolute atomic E-state index is 5.53. The molecule has 162 valence electrons. The highest BCUT2D eigenvalue weighted by molar-refractivity contribution is 7.80. The van der Waals surface area contributed by atoms with Crippen molar-refractivity contribution in [3.63, 3.8) is 0 Å². The number of nitrogens with one attached hydrogen (secondary N) is 2. The molecule has 2 aromatic rings. The largest absolute Gasteiger partial charge is 0.361 e. The molecule has 0 spiro atoms. The van der Waals surface area contributed by atoms with Gasteiger partial charge in [0.2, 0.25) is 0 Å². The van der Waals surface area contributed by atoms with Gasteiger partial charge in [0, 0.05) is 37.3 Å². The maximum atomic E-state index is 5.53. The number of anilines is 2. The molecule has 4 rings (SSSR count). The third-order valence-electron chi connectivity index (χ3n) is 6.35. The van der Waals surface area contributed by atoms with Crippen LogP contribution in [-0.2, 0) is 0 Å². The number of hydrogen-bond donors (Lipinski definition) is 2. The standard InChI is InChI=1S/C24H35N5S/c1-19-17-23(29-14-7-4-8-15-29)27-22-10-9-20(18-21(19)22)26-24(30)25-11-16-28-12-5-2-3-6-13-28/h9-10,17-18H,2-8,11-16H2,1H3,(H2,25,26,30). The average molecular weight is 426 g/mol. The Kier molecular flexibility index (Phi) is 7.39. The Bertz CT molecular complexity index is 854. The van der Waals surface area contributed by atoms with Crippen LogP contribution in [0.15, 0.2) is 24.3 Å². The molecule has 2 aliphatic heterocycles. The Morgan fingerprint density at radius 2 is 1.67 bits per heavy atom. The van der Waals surface area contributed by atoms with Gasteiger partial charge in [0.15, 0.2) is 5.11 Å². The van der Waals surface area contributed by atoms with Crippen molar-refractivity contribution in [3.8, 4) is 0 Å². The summed E-state index contributed by atoms with van der Waals surface area (Å²) >= 11 is 5.53. The van der Waals surface area contributed by atoms with Crippen LogP contribution in [0.3, 0.4) is 0 Å². The molecule has 5 nitrogen and oxygen atoms in total. The molecule has 0 amide bonds. The van der Waals surface area contributed by atoms with Crippen molar-refractivity contribution in [1.29, 1.82) is 0 Å². The SMILES string of the molecule is Cc1cc(N2CCCCC2)nc2ccc(NC(=S)NCCN3CCCCCC3)cc12. The number of hydrogen-bond acceptors (Lipinski definition) is 4. The second-order valence-corrected chi connectivity index (χ2v) is 9.12. The highest BCUT2D eigenvalue weighted by Crippen LogP contribution is 2.26. The van der Waals surface area contributed by atoms with Crippen molar-refractivity contribution in [2.75, 3.05) is 49.5 Å². The summed E-state index contributed by atoms with van der Waals surface area (Å²) in [7, 11) is 0. The van der Waals surface area contributed by atoms with Gasteiger partial charge in [0.1, 0.15) is 5.82 Å². The van der Waals surface area contributed by atoms with Crippen molar-refractivity contribution in [3.05, 3.63) is 29.8 Å². The number of pyridine rings is 1. The van der Waals surface area contributed by atoms with E-state index in [4.69, 9.17) is 17.2 Å². The predicted molar refractivity (Wildman–Crippen MR) is 132 cm³/mol. The van der Waals surface area contributed by atoms with E-state index in [2.05, 4.69) is 51.6 Å². The summed E-state index contributed by atoms with van der Waals surface area (Å²) in [6, 6.07) is 8.59. The number of thiocarbonyl (C=S) groups is 1. The van der Waals surface area contributed by atoms with Crippen LogP contribution < -0.4 is 15.5 Å². The van der Waals surface area contributed by atoms with Crippen molar-refractivity contribution >= 4 is 39.7 Å². The van der Waals surface area contributed by atoms with Gasteiger partial charge in [-0.2, -0.15) is 0 Å². The lowest BCUT2D eigenvalue weighted by Gasteiger charge is -2.28. The fourth-order valence-corrected chi connectivity index (χ4v) is 4.82. The van der Waals surface area contributed by atoms with Crippen molar-refractivity contribution in [1.82, 2.24) is 15.2 Å². The number of nitrogens with zero attached hydrogens (tertiary/aromatic N) is 3. The Morgan fingerprint density at radius 1 is 0.967 bits per heavy atom. The number of fused-ring (bicyclic) bond motifs is 1. The molecule has 3 heterocycles. The monoisotopic (exact) mass is 425 g/mol. The molecule has 0 saturated carbocycles. The number of piperidine rings is 1. The van der Waals surface area contributed by atoms with Gasteiger partial charge in [-0.15, -0.1) is 0 Å². The number of aromatic nitrogens is 1. The van der Waals surface area contributed by atoms with Gasteiger partial charge in [-0.05, 0) is 94.2 Å². The molecule has 0 atom stereocenters. The van der Waals surface area contributed by atoms with E-state index in [-0.39, 0.29) is 0 Å². The molecule has 1 aromatic carbocycles. The van der Waals surface area contributed by atoms with E-state index >= 15 is 0 Å². The molecule has 0 bridgehead atoms. The van der Waals surface area contributed by atoms with Crippen LogP contribution in [0, 0.1) is 6.92 Å². The van der Waals surface area contributed by atoms with Crippen LogP contribution in [0.1, 0.15) is 50.5 Å². The molecule has 6 heteroatoms. The molecule has 0 unspecified atom stereocenters. The summed E-state index contributed by atoms with van der Waals surface area (Å²) in [4.78, 5) is 9.90. The quantitative estimate of drug-likeness (QED) is 0.677. The fourth-order valence-electron chi connectivity index (χ4n) is 4.60. The van der Waals surface area contributed by atoms with Gasteiger partial charge >= 0.3 is 0 Å². The molecule has 2 aliphatic rings. The first-order chi connectivity index (χ1) is 14.7. The van der Waals surface area contributed by atoms with E-state index in [0.29, 0.717) is 5.11 Å². The zero-order valence-corrected chi connectivity index (χ0v) is 19.1. The lowest BCUT2D eigenvalue weighted by molar-refractivity contribution is 0.289. The third kappa shape index (κ3) is 5.61. The van der Waals surface area contributed by atoms with E-state index in [1.807, 2.05) is 0 Å². The van der Waals surface area contributed by atoms with Gasteiger partial charge in [-0.25, -0.2) is 4.98 Å². The van der Waals surface area contributed by atoms with Crippen LogP contribution in [0.4, 0.5) is 11.5 Å². The Labute approximate surface area is 186 Å². The number of aryl methyl sites for hydroxylation is 1. The van der Waals surface area contributed by atoms with E-state index in [9.17, 15) is 0 Å². The molecule has 0 aliphatic carbocycles. The Balaban J connectivity index is 1.34. The van der Waals surface area contributed by atoms with Gasteiger partial charge in [-0.1, -0.05) is 12.8 Å². The van der Waals surface area contributed by atoms with Crippen LogP contribution in [0.25, 0.3) is 10.9 Å². The maximum Gasteiger partial charge on any atom is 0.170 e. The molecule has 2 fully saturated rings. The van der Waals surface area contributed by atoms with Gasteiger partial charge < -0.3 is 20.4 Å². The highest BCUT2D eigenvalue weighted by Gasteiger charge is 2.14. The minimum Gasteiger partial charge on any atom is -0.361 e. The number of likely N-dealkylation sites (tertiary alicyclic amines) is 1. The summed E-state index contributed by atoms with van der Waals surface area (Å²) in [5, 5.41) is 8.61.